The molecule has 3 rings (SSSR count). The molecule has 0 spiro atoms. The minimum Gasteiger partial charge on any atom is -0.322 e. The van der Waals surface area contributed by atoms with Crippen LogP contribution >= 0.6 is 11.6 Å². The van der Waals surface area contributed by atoms with Gasteiger partial charge in [0, 0.05) is 28.7 Å². The van der Waals surface area contributed by atoms with E-state index in [9.17, 15) is 4.79 Å². The molecule has 2 aromatic carbocycles. The number of halogens is 1. The van der Waals surface area contributed by atoms with E-state index in [1.807, 2.05) is 43.3 Å². The fourth-order valence-electron chi connectivity index (χ4n) is 2.12. The van der Waals surface area contributed by atoms with Gasteiger partial charge < -0.3 is 5.32 Å². The van der Waals surface area contributed by atoms with Crippen molar-refractivity contribution in [1.29, 1.82) is 0 Å². The number of benzene rings is 2. The summed E-state index contributed by atoms with van der Waals surface area (Å²) < 4.78 is 0. The van der Waals surface area contributed by atoms with Gasteiger partial charge in [0.1, 0.15) is 0 Å². The van der Waals surface area contributed by atoms with Crippen LogP contribution in [0.3, 0.4) is 0 Å². The van der Waals surface area contributed by atoms with Gasteiger partial charge in [-0.2, -0.15) is 0 Å². The van der Waals surface area contributed by atoms with Crippen molar-refractivity contribution >= 4 is 23.2 Å². The topological polar surface area (TPSA) is 54.9 Å². The summed E-state index contributed by atoms with van der Waals surface area (Å²) >= 11 is 5.86. The van der Waals surface area contributed by atoms with Gasteiger partial charge in [-0.25, -0.2) is 9.97 Å². The Morgan fingerprint density at radius 3 is 2.39 bits per heavy atom. The minimum absolute atomic E-state index is 0.238. The predicted molar refractivity (Wildman–Crippen MR) is 91.6 cm³/mol. The van der Waals surface area contributed by atoms with Crippen molar-refractivity contribution in [3.63, 3.8) is 0 Å². The third-order valence-electron chi connectivity index (χ3n) is 3.29. The van der Waals surface area contributed by atoms with Crippen LogP contribution in [0.15, 0.2) is 60.9 Å². The Morgan fingerprint density at radius 1 is 1.04 bits per heavy atom. The number of nitrogens with zero attached hydrogens (tertiary/aromatic N) is 2. The molecule has 1 heterocycles. The van der Waals surface area contributed by atoms with Gasteiger partial charge in [-0.05, 0) is 48.9 Å². The highest BCUT2D eigenvalue weighted by molar-refractivity contribution is 6.30. The maximum absolute atomic E-state index is 12.2. The SMILES string of the molecule is Cc1cccc(NC(=O)c2cnc(-c3ccc(Cl)cc3)nc2)c1. The van der Waals surface area contributed by atoms with Gasteiger partial charge in [0.15, 0.2) is 5.82 Å². The smallest absolute Gasteiger partial charge is 0.258 e. The van der Waals surface area contributed by atoms with Crippen LogP contribution in [0, 0.1) is 6.92 Å². The number of carbonyl (C=O) groups excluding carboxylic acids is 1. The molecule has 1 N–H and O–H groups in total. The Bertz CT molecular complexity index is 830. The monoisotopic (exact) mass is 323 g/mol. The Hall–Kier alpha value is -2.72. The molecule has 23 heavy (non-hydrogen) atoms. The molecule has 1 aromatic heterocycles. The Labute approximate surface area is 139 Å². The molecule has 0 bridgehead atoms. The maximum Gasteiger partial charge on any atom is 0.258 e. The number of hydrogen-bond donors (Lipinski definition) is 1. The zero-order chi connectivity index (χ0) is 16.2. The van der Waals surface area contributed by atoms with Gasteiger partial charge in [-0.1, -0.05) is 23.7 Å². The third kappa shape index (κ3) is 3.73. The second-order valence-corrected chi connectivity index (χ2v) is 5.56. The van der Waals surface area contributed by atoms with Crippen molar-refractivity contribution < 1.29 is 4.79 Å². The van der Waals surface area contributed by atoms with Crippen molar-refractivity contribution in [2.45, 2.75) is 6.92 Å². The molecule has 4 nitrogen and oxygen atoms in total. The lowest BCUT2D eigenvalue weighted by molar-refractivity contribution is 0.102. The second-order valence-electron chi connectivity index (χ2n) is 5.13. The van der Waals surface area contributed by atoms with E-state index < -0.39 is 0 Å². The first-order chi connectivity index (χ1) is 11.1. The average Bonchev–Trinajstić information content (AvgIpc) is 2.56. The minimum atomic E-state index is -0.238. The largest absolute Gasteiger partial charge is 0.322 e. The van der Waals surface area contributed by atoms with Crippen LogP contribution in [-0.4, -0.2) is 15.9 Å². The predicted octanol–water partition coefficient (Wildman–Crippen LogP) is 4.36. The third-order valence-corrected chi connectivity index (χ3v) is 3.54. The van der Waals surface area contributed by atoms with Crippen molar-refractivity contribution in [1.82, 2.24) is 9.97 Å². The van der Waals surface area contributed by atoms with Crippen LogP contribution in [0.1, 0.15) is 15.9 Å². The van der Waals surface area contributed by atoms with Gasteiger partial charge in [0.2, 0.25) is 0 Å². The highest BCUT2D eigenvalue weighted by atomic mass is 35.5. The molecule has 0 aliphatic rings. The number of anilines is 1. The molecule has 0 radical (unpaired) electrons. The van der Waals surface area contributed by atoms with Gasteiger partial charge in [0.05, 0.1) is 5.56 Å². The summed E-state index contributed by atoms with van der Waals surface area (Å²) in [5, 5.41) is 3.48. The number of aryl methyl sites for hydroxylation is 1. The van der Waals surface area contributed by atoms with Crippen LogP contribution in [0.25, 0.3) is 11.4 Å². The van der Waals surface area contributed by atoms with E-state index in [0.29, 0.717) is 16.4 Å². The van der Waals surface area contributed by atoms with E-state index in [1.165, 1.54) is 12.4 Å². The summed E-state index contributed by atoms with van der Waals surface area (Å²) in [6, 6.07) is 14.8. The molecule has 0 saturated carbocycles. The van der Waals surface area contributed by atoms with Crippen molar-refractivity contribution in [2.75, 3.05) is 5.32 Å². The van der Waals surface area contributed by atoms with Gasteiger partial charge >= 0.3 is 0 Å². The van der Waals surface area contributed by atoms with Crippen molar-refractivity contribution in [2.24, 2.45) is 0 Å². The van der Waals surface area contributed by atoms with E-state index in [-0.39, 0.29) is 5.91 Å². The molecular formula is C18H14ClN3O. The molecule has 5 heteroatoms. The molecule has 0 aliphatic carbocycles. The van der Waals surface area contributed by atoms with E-state index in [2.05, 4.69) is 15.3 Å². The molecular weight excluding hydrogens is 310 g/mol. The van der Waals surface area contributed by atoms with E-state index >= 15 is 0 Å². The lowest BCUT2D eigenvalue weighted by Gasteiger charge is -2.06. The van der Waals surface area contributed by atoms with E-state index in [4.69, 9.17) is 11.6 Å². The summed E-state index contributed by atoms with van der Waals surface area (Å²) in [5.74, 6) is 0.312. The molecule has 0 aliphatic heterocycles. The first-order valence-corrected chi connectivity index (χ1v) is 7.45. The highest BCUT2D eigenvalue weighted by Gasteiger charge is 2.08. The number of hydrogen-bond acceptors (Lipinski definition) is 3. The summed E-state index contributed by atoms with van der Waals surface area (Å²) in [4.78, 5) is 20.7. The van der Waals surface area contributed by atoms with Crippen LogP contribution in [0.4, 0.5) is 5.69 Å². The Morgan fingerprint density at radius 2 is 1.74 bits per heavy atom. The molecule has 1 amide bonds. The molecule has 114 valence electrons. The number of nitrogens with one attached hydrogen (secondary N) is 1. The lowest BCUT2D eigenvalue weighted by Crippen LogP contribution is -2.12. The number of rotatable bonds is 3. The summed E-state index contributed by atoms with van der Waals surface area (Å²) in [7, 11) is 0. The zero-order valence-corrected chi connectivity index (χ0v) is 13.2. The Kier molecular flexibility index (Phi) is 4.35. The Balaban J connectivity index is 1.76. The van der Waals surface area contributed by atoms with Gasteiger partial charge in [-0.15, -0.1) is 0 Å². The van der Waals surface area contributed by atoms with Crippen molar-refractivity contribution in [3.05, 3.63) is 77.1 Å². The summed E-state index contributed by atoms with van der Waals surface area (Å²) in [6.45, 7) is 1.97. The molecule has 3 aromatic rings. The second kappa shape index (κ2) is 6.58. The van der Waals surface area contributed by atoms with E-state index in [1.54, 1.807) is 12.1 Å². The highest BCUT2D eigenvalue weighted by Crippen LogP contribution is 2.18. The summed E-state index contributed by atoms with van der Waals surface area (Å²) in [6.07, 6.45) is 3.03. The normalized spacial score (nSPS) is 10.3. The lowest BCUT2D eigenvalue weighted by atomic mass is 10.2. The van der Waals surface area contributed by atoms with E-state index in [0.717, 1.165) is 16.8 Å². The first kappa shape index (κ1) is 15.2. The standard InChI is InChI=1S/C18H14ClN3O/c1-12-3-2-4-16(9-12)22-18(23)14-10-20-17(21-11-14)13-5-7-15(19)8-6-13/h2-11H,1H3,(H,22,23). The van der Waals surface area contributed by atoms with Crippen LogP contribution < -0.4 is 5.32 Å². The number of aromatic nitrogens is 2. The summed E-state index contributed by atoms with van der Waals surface area (Å²) in [5.41, 5.74) is 3.08. The van der Waals surface area contributed by atoms with Gasteiger partial charge in [-0.3, -0.25) is 4.79 Å². The molecule has 0 unspecified atom stereocenters. The van der Waals surface area contributed by atoms with Crippen molar-refractivity contribution in [3.8, 4) is 11.4 Å². The van der Waals surface area contributed by atoms with Gasteiger partial charge in [0.25, 0.3) is 5.91 Å². The molecule has 0 saturated heterocycles. The molecule has 0 atom stereocenters. The molecule has 0 fully saturated rings. The fraction of sp³-hybridized carbons (Fsp3) is 0.0556. The van der Waals surface area contributed by atoms with Crippen LogP contribution in [0.2, 0.25) is 5.02 Å². The first-order valence-electron chi connectivity index (χ1n) is 7.08. The maximum atomic E-state index is 12.2. The fourth-order valence-corrected chi connectivity index (χ4v) is 2.25. The van der Waals surface area contributed by atoms with Crippen LogP contribution in [0.5, 0.6) is 0 Å². The van der Waals surface area contributed by atoms with Crippen LogP contribution in [-0.2, 0) is 0 Å². The number of carbonyl (C=O) groups is 1. The number of amides is 1. The zero-order valence-electron chi connectivity index (χ0n) is 12.5. The quantitative estimate of drug-likeness (QED) is 0.779. The average molecular weight is 324 g/mol.